The number of para-hydroxylation sites is 1. The van der Waals surface area contributed by atoms with Crippen LogP contribution in [0.1, 0.15) is 0 Å². The fourth-order valence-corrected chi connectivity index (χ4v) is 2.78. The molecular formula is C22H19N3O3. The Bertz CT molecular complexity index is 1080. The summed E-state index contributed by atoms with van der Waals surface area (Å²) in [6.07, 6.45) is 1.75. The predicted octanol–water partition coefficient (Wildman–Crippen LogP) is 5.18. The molecule has 0 aliphatic carbocycles. The van der Waals surface area contributed by atoms with Crippen LogP contribution in [0, 0.1) is 0 Å². The van der Waals surface area contributed by atoms with Gasteiger partial charge in [0.15, 0.2) is 11.5 Å². The summed E-state index contributed by atoms with van der Waals surface area (Å²) < 4.78 is 16.5. The lowest BCUT2D eigenvalue weighted by atomic mass is 10.2. The Labute approximate surface area is 162 Å². The highest BCUT2D eigenvalue weighted by Crippen LogP contribution is 2.31. The fraction of sp³-hybridized carbons (Fsp3) is 0.0909. The fourth-order valence-electron chi connectivity index (χ4n) is 2.78. The summed E-state index contributed by atoms with van der Waals surface area (Å²) in [6, 6.07) is 21.0. The summed E-state index contributed by atoms with van der Waals surface area (Å²) in [6.45, 7) is 0. The highest BCUT2D eigenvalue weighted by molar-refractivity contribution is 5.83. The van der Waals surface area contributed by atoms with E-state index >= 15 is 0 Å². The Hall–Kier alpha value is -3.80. The van der Waals surface area contributed by atoms with Crippen LogP contribution in [-0.2, 0) is 0 Å². The number of hydrogen-bond acceptors (Lipinski definition) is 6. The molecule has 0 unspecified atom stereocenters. The molecule has 0 amide bonds. The Morgan fingerprint density at radius 1 is 0.786 bits per heavy atom. The van der Waals surface area contributed by atoms with Gasteiger partial charge in [-0.05, 0) is 42.5 Å². The van der Waals surface area contributed by atoms with Crippen LogP contribution in [-0.4, -0.2) is 24.2 Å². The van der Waals surface area contributed by atoms with E-state index in [9.17, 15) is 0 Å². The molecule has 0 radical (unpaired) electrons. The van der Waals surface area contributed by atoms with Crippen LogP contribution in [0.3, 0.4) is 0 Å². The van der Waals surface area contributed by atoms with Crippen molar-refractivity contribution < 1.29 is 14.2 Å². The monoisotopic (exact) mass is 373 g/mol. The maximum atomic E-state index is 5.80. The lowest BCUT2D eigenvalue weighted by molar-refractivity contribution is 0.356. The van der Waals surface area contributed by atoms with E-state index in [-0.39, 0.29) is 0 Å². The first-order valence-corrected chi connectivity index (χ1v) is 8.74. The smallest absolute Gasteiger partial charge is 0.227 e. The number of nitrogens with one attached hydrogen (secondary N) is 1. The van der Waals surface area contributed by atoms with E-state index < -0.39 is 0 Å². The molecule has 4 aromatic rings. The van der Waals surface area contributed by atoms with Crippen molar-refractivity contribution in [2.75, 3.05) is 19.5 Å². The van der Waals surface area contributed by atoms with Crippen molar-refractivity contribution in [2.24, 2.45) is 0 Å². The summed E-state index contributed by atoms with van der Waals surface area (Å²) >= 11 is 0. The molecule has 0 aliphatic heterocycles. The van der Waals surface area contributed by atoms with E-state index in [0.29, 0.717) is 17.4 Å². The number of nitrogens with zero attached hydrogens (tertiary/aromatic N) is 2. The largest absolute Gasteiger partial charge is 0.493 e. The molecule has 0 saturated carbocycles. The summed E-state index contributed by atoms with van der Waals surface area (Å²) in [4.78, 5) is 8.93. The zero-order valence-corrected chi connectivity index (χ0v) is 15.5. The van der Waals surface area contributed by atoms with Crippen molar-refractivity contribution in [3.05, 3.63) is 72.9 Å². The minimum absolute atomic E-state index is 0.497. The van der Waals surface area contributed by atoms with Crippen molar-refractivity contribution >= 4 is 22.5 Å². The first-order chi connectivity index (χ1) is 13.7. The van der Waals surface area contributed by atoms with Gasteiger partial charge in [0, 0.05) is 23.3 Å². The maximum Gasteiger partial charge on any atom is 0.227 e. The molecule has 6 heteroatoms. The normalized spacial score (nSPS) is 10.5. The third kappa shape index (κ3) is 3.81. The number of ether oxygens (including phenoxy) is 3. The maximum absolute atomic E-state index is 5.80. The van der Waals surface area contributed by atoms with E-state index in [4.69, 9.17) is 14.2 Å². The summed E-state index contributed by atoms with van der Waals surface area (Å²) in [5.74, 6) is 3.32. The van der Waals surface area contributed by atoms with Gasteiger partial charge in [-0.15, -0.1) is 0 Å². The molecular weight excluding hydrogens is 354 g/mol. The van der Waals surface area contributed by atoms with Crippen LogP contribution >= 0.6 is 0 Å². The van der Waals surface area contributed by atoms with Gasteiger partial charge in [-0.25, -0.2) is 9.97 Å². The standard InChI is InChI=1S/C22H19N3O3/c1-26-20-12-15-14-23-22(25-19(15)13-21(20)27-2)24-16-8-10-18(11-9-16)28-17-6-4-3-5-7-17/h3-14H,1-2H3,(H,23,24,25). The molecule has 4 rings (SSSR count). The highest BCUT2D eigenvalue weighted by atomic mass is 16.5. The van der Waals surface area contributed by atoms with E-state index in [2.05, 4.69) is 15.3 Å². The lowest BCUT2D eigenvalue weighted by Gasteiger charge is -2.10. The van der Waals surface area contributed by atoms with Crippen molar-refractivity contribution in [3.63, 3.8) is 0 Å². The van der Waals surface area contributed by atoms with Crippen LogP contribution in [0.2, 0.25) is 0 Å². The minimum atomic E-state index is 0.497. The van der Waals surface area contributed by atoms with Gasteiger partial charge in [0.05, 0.1) is 19.7 Å². The van der Waals surface area contributed by atoms with Crippen LogP contribution in [0.25, 0.3) is 10.9 Å². The number of rotatable bonds is 6. The van der Waals surface area contributed by atoms with Crippen LogP contribution in [0.5, 0.6) is 23.0 Å². The molecule has 3 aromatic carbocycles. The average Bonchev–Trinajstić information content (AvgIpc) is 2.75. The Balaban J connectivity index is 1.52. The first-order valence-electron chi connectivity index (χ1n) is 8.74. The van der Waals surface area contributed by atoms with E-state index in [1.165, 1.54) is 0 Å². The number of aromatic nitrogens is 2. The topological polar surface area (TPSA) is 65.5 Å². The van der Waals surface area contributed by atoms with Crippen molar-refractivity contribution in [3.8, 4) is 23.0 Å². The second kappa shape index (κ2) is 7.84. The number of benzene rings is 3. The summed E-state index contributed by atoms with van der Waals surface area (Å²) in [5, 5.41) is 4.07. The van der Waals surface area contributed by atoms with Crippen LogP contribution in [0.15, 0.2) is 72.9 Å². The SMILES string of the molecule is COc1cc2cnc(Nc3ccc(Oc4ccccc4)cc3)nc2cc1OC. The van der Waals surface area contributed by atoms with E-state index in [1.54, 1.807) is 20.4 Å². The third-order valence-corrected chi connectivity index (χ3v) is 4.17. The molecule has 6 nitrogen and oxygen atoms in total. The van der Waals surface area contributed by atoms with Gasteiger partial charge in [-0.1, -0.05) is 18.2 Å². The second-order valence-corrected chi connectivity index (χ2v) is 6.02. The number of fused-ring (bicyclic) bond motifs is 1. The van der Waals surface area contributed by atoms with Gasteiger partial charge in [0.2, 0.25) is 5.95 Å². The molecule has 0 bridgehead atoms. The molecule has 0 fully saturated rings. The van der Waals surface area contributed by atoms with Crippen LogP contribution in [0.4, 0.5) is 11.6 Å². The molecule has 1 heterocycles. The Morgan fingerprint density at radius 2 is 1.46 bits per heavy atom. The molecule has 0 aliphatic rings. The quantitative estimate of drug-likeness (QED) is 0.502. The highest BCUT2D eigenvalue weighted by Gasteiger charge is 2.08. The van der Waals surface area contributed by atoms with Gasteiger partial charge in [-0.3, -0.25) is 0 Å². The third-order valence-electron chi connectivity index (χ3n) is 4.17. The minimum Gasteiger partial charge on any atom is -0.493 e. The van der Waals surface area contributed by atoms with Crippen molar-refractivity contribution in [1.82, 2.24) is 9.97 Å². The van der Waals surface area contributed by atoms with Gasteiger partial charge in [0.25, 0.3) is 0 Å². The first kappa shape index (κ1) is 17.6. The van der Waals surface area contributed by atoms with E-state index in [1.807, 2.05) is 66.7 Å². The van der Waals surface area contributed by atoms with Crippen molar-refractivity contribution in [2.45, 2.75) is 0 Å². The molecule has 0 spiro atoms. The van der Waals surface area contributed by atoms with Gasteiger partial charge in [-0.2, -0.15) is 0 Å². The molecule has 1 N–H and O–H groups in total. The Kier molecular flexibility index (Phi) is 4.93. The zero-order valence-electron chi connectivity index (χ0n) is 15.5. The van der Waals surface area contributed by atoms with Gasteiger partial charge < -0.3 is 19.5 Å². The van der Waals surface area contributed by atoms with Gasteiger partial charge >= 0.3 is 0 Å². The number of anilines is 2. The molecule has 28 heavy (non-hydrogen) atoms. The molecule has 0 saturated heterocycles. The summed E-state index contributed by atoms with van der Waals surface area (Å²) in [5.41, 5.74) is 1.62. The predicted molar refractivity (Wildman–Crippen MR) is 109 cm³/mol. The van der Waals surface area contributed by atoms with E-state index in [0.717, 1.165) is 28.1 Å². The number of methoxy groups -OCH3 is 2. The molecule has 0 atom stereocenters. The summed E-state index contributed by atoms with van der Waals surface area (Å²) in [7, 11) is 3.20. The van der Waals surface area contributed by atoms with Gasteiger partial charge in [0.1, 0.15) is 11.5 Å². The Morgan fingerprint density at radius 3 is 2.18 bits per heavy atom. The average molecular weight is 373 g/mol. The second-order valence-electron chi connectivity index (χ2n) is 6.02. The van der Waals surface area contributed by atoms with Crippen molar-refractivity contribution in [1.29, 1.82) is 0 Å². The zero-order chi connectivity index (χ0) is 19.3. The molecule has 1 aromatic heterocycles. The molecule has 140 valence electrons. The van der Waals surface area contributed by atoms with Crippen LogP contribution < -0.4 is 19.5 Å². The lowest BCUT2D eigenvalue weighted by Crippen LogP contribution is -1.98. The number of hydrogen-bond donors (Lipinski definition) is 1.